The monoisotopic (exact) mass is 419 g/mol. The summed E-state index contributed by atoms with van der Waals surface area (Å²) in [4.78, 5) is 19.6. The molecule has 4 aromatic heterocycles. The van der Waals surface area contributed by atoms with Crippen molar-refractivity contribution in [2.75, 3.05) is 24.6 Å². The first kappa shape index (κ1) is 19.5. The lowest BCUT2D eigenvalue weighted by atomic mass is 9.95. The van der Waals surface area contributed by atoms with Crippen molar-refractivity contribution in [1.29, 1.82) is 0 Å². The molecule has 1 fully saturated rings. The fourth-order valence-electron chi connectivity index (χ4n) is 4.61. The zero-order valence-electron chi connectivity index (χ0n) is 17.9. The smallest absolute Gasteiger partial charge is 0.341 e. The number of esters is 1. The zero-order valence-corrected chi connectivity index (χ0v) is 17.9. The predicted molar refractivity (Wildman–Crippen MR) is 116 cm³/mol. The van der Waals surface area contributed by atoms with E-state index in [1.165, 1.54) is 0 Å². The number of hydrogen-bond donors (Lipinski definition) is 0. The molecule has 1 atom stereocenters. The Morgan fingerprint density at radius 3 is 3.00 bits per heavy atom. The highest BCUT2D eigenvalue weighted by atomic mass is 16.5. The van der Waals surface area contributed by atoms with Gasteiger partial charge in [0.2, 0.25) is 0 Å². The molecule has 0 spiro atoms. The molecule has 5 heterocycles. The summed E-state index contributed by atoms with van der Waals surface area (Å²) in [7, 11) is 1.87. The molecular weight excluding hydrogens is 394 g/mol. The topological polar surface area (TPSA) is 90.4 Å². The Kier molecular flexibility index (Phi) is 4.80. The third kappa shape index (κ3) is 3.20. The van der Waals surface area contributed by atoms with Gasteiger partial charge < -0.3 is 9.64 Å². The second kappa shape index (κ2) is 7.64. The van der Waals surface area contributed by atoms with E-state index >= 15 is 0 Å². The van der Waals surface area contributed by atoms with Crippen LogP contribution in [-0.2, 0) is 11.8 Å². The number of ether oxygens (including phenoxy) is 1. The van der Waals surface area contributed by atoms with Crippen LogP contribution in [0.1, 0.15) is 47.6 Å². The number of aryl methyl sites for hydroxylation is 2. The van der Waals surface area contributed by atoms with Crippen molar-refractivity contribution in [2.45, 2.75) is 32.6 Å². The first-order valence-corrected chi connectivity index (χ1v) is 10.6. The van der Waals surface area contributed by atoms with E-state index in [4.69, 9.17) is 4.74 Å². The molecule has 0 bridgehead atoms. The Hall–Kier alpha value is -3.49. The largest absolute Gasteiger partial charge is 0.462 e. The van der Waals surface area contributed by atoms with Crippen LogP contribution in [0.3, 0.4) is 0 Å². The van der Waals surface area contributed by atoms with Gasteiger partial charge in [-0.25, -0.2) is 9.78 Å². The highest BCUT2D eigenvalue weighted by Crippen LogP contribution is 2.37. The number of piperidine rings is 1. The fraction of sp³-hybridized carbons (Fsp3) is 0.409. The number of rotatable bonds is 4. The van der Waals surface area contributed by atoms with Crippen LogP contribution >= 0.6 is 0 Å². The summed E-state index contributed by atoms with van der Waals surface area (Å²) >= 11 is 0. The van der Waals surface area contributed by atoms with E-state index in [0.29, 0.717) is 12.2 Å². The number of nitrogens with zero attached hydrogens (tertiary/aromatic N) is 7. The average molecular weight is 419 g/mol. The van der Waals surface area contributed by atoms with Crippen molar-refractivity contribution in [3.05, 3.63) is 47.7 Å². The normalized spacial score (nSPS) is 16.9. The molecule has 1 aliphatic heterocycles. The molecule has 0 saturated carbocycles. The standard InChI is InChI=1S/C22H25N7O2/c1-4-31-22(30)16-12-23-21-18(14(2)26-27(21)3)19(16)28-10-7-8-15(13-28)20-25-24-17-9-5-6-11-29(17)20/h5-6,9,11-12,15H,4,7-8,10,13H2,1-3H3. The Morgan fingerprint density at radius 1 is 1.29 bits per heavy atom. The van der Waals surface area contributed by atoms with Crippen LogP contribution in [0, 0.1) is 6.92 Å². The van der Waals surface area contributed by atoms with Crippen molar-refractivity contribution >= 4 is 28.3 Å². The molecule has 0 N–H and O–H groups in total. The van der Waals surface area contributed by atoms with Gasteiger partial charge >= 0.3 is 5.97 Å². The highest BCUT2D eigenvalue weighted by molar-refractivity contribution is 6.05. The number of fused-ring (bicyclic) bond motifs is 2. The number of carbonyl (C=O) groups excluding carboxylic acids is 1. The van der Waals surface area contributed by atoms with E-state index in [1.807, 2.05) is 45.3 Å². The summed E-state index contributed by atoms with van der Waals surface area (Å²) in [6, 6.07) is 5.91. The van der Waals surface area contributed by atoms with E-state index in [0.717, 1.165) is 59.8 Å². The van der Waals surface area contributed by atoms with Crippen molar-refractivity contribution in [1.82, 2.24) is 29.4 Å². The third-order valence-electron chi connectivity index (χ3n) is 5.94. The lowest BCUT2D eigenvalue weighted by Gasteiger charge is -2.35. The quantitative estimate of drug-likeness (QED) is 0.470. The fourth-order valence-corrected chi connectivity index (χ4v) is 4.61. The Bertz CT molecular complexity index is 1280. The molecule has 9 heteroatoms. The summed E-state index contributed by atoms with van der Waals surface area (Å²) in [5.74, 6) is 0.790. The van der Waals surface area contributed by atoms with Crippen molar-refractivity contribution in [3.63, 3.8) is 0 Å². The Labute approximate surface area is 179 Å². The third-order valence-corrected chi connectivity index (χ3v) is 5.94. The summed E-state index contributed by atoms with van der Waals surface area (Å²) in [5, 5.41) is 14.3. The lowest BCUT2D eigenvalue weighted by molar-refractivity contribution is 0.0526. The van der Waals surface area contributed by atoms with Crippen LogP contribution in [0.4, 0.5) is 5.69 Å². The van der Waals surface area contributed by atoms with E-state index in [2.05, 4.69) is 29.6 Å². The number of anilines is 1. The van der Waals surface area contributed by atoms with Crippen molar-refractivity contribution in [3.8, 4) is 0 Å². The van der Waals surface area contributed by atoms with E-state index in [-0.39, 0.29) is 11.9 Å². The van der Waals surface area contributed by atoms with E-state index < -0.39 is 0 Å². The Morgan fingerprint density at radius 2 is 2.16 bits per heavy atom. The SMILES string of the molecule is CCOC(=O)c1cnc2c(c(C)nn2C)c1N1CCCC(c2nnc3ccccn23)C1. The number of carbonyl (C=O) groups is 1. The maximum Gasteiger partial charge on any atom is 0.341 e. The molecule has 4 aromatic rings. The van der Waals surface area contributed by atoms with E-state index in [1.54, 1.807) is 10.9 Å². The predicted octanol–water partition coefficient (Wildman–Crippen LogP) is 2.88. The van der Waals surface area contributed by atoms with Gasteiger partial charge in [-0.2, -0.15) is 5.10 Å². The zero-order chi connectivity index (χ0) is 21.5. The minimum Gasteiger partial charge on any atom is -0.462 e. The summed E-state index contributed by atoms with van der Waals surface area (Å²) in [6.07, 6.45) is 5.62. The van der Waals surface area contributed by atoms with Crippen LogP contribution in [0.5, 0.6) is 0 Å². The first-order valence-electron chi connectivity index (χ1n) is 10.6. The van der Waals surface area contributed by atoms with Crippen LogP contribution in [0.15, 0.2) is 30.6 Å². The number of aromatic nitrogens is 6. The molecule has 0 amide bonds. The van der Waals surface area contributed by atoms with Crippen LogP contribution in [0.25, 0.3) is 16.7 Å². The van der Waals surface area contributed by atoms with Crippen LogP contribution < -0.4 is 4.90 Å². The van der Waals surface area contributed by atoms with Crippen LogP contribution in [-0.4, -0.2) is 55.0 Å². The summed E-state index contributed by atoms with van der Waals surface area (Å²) in [5.41, 5.74) is 3.79. The molecule has 9 nitrogen and oxygen atoms in total. The minimum atomic E-state index is -0.356. The molecule has 0 aliphatic carbocycles. The first-order chi connectivity index (χ1) is 15.1. The second-order valence-corrected chi connectivity index (χ2v) is 7.92. The Balaban J connectivity index is 1.60. The van der Waals surface area contributed by atoms with Crippen molar-refractivity contribution < 1.29 is 9.53 Å². The molecule has 5 rings (SSSR count). The maximum absolute atomic E-state index is 12.8. The second-order valence-electron chi connectivity index (χ2n) is 7.92. The maximum atomic E-state index is 12.8. The van der Waals surface area contributed by atoms with Gasteiger partial charge in [-0.15, -0.1) is 10.2 Å². The van der Waals surface area contributed by atoms with Gasteiger partial charge in [-0.05, 0) is 38.8 Å². The van der Waals surface area contributed by atoms with Crippen molar-refractivity contribution in [2.24, 2.45) is 7.05 Å². The molecular formula is C22H25N7O2. The van der Waals surface area contributed by atoms with E-state index in [9.17, 15) is 4.79 Å². The molecule has 31 heavy (non-hydrogen) atoms. The summed E-state index contributed by atoms with van der Waals surface area (Å²) in [6.45, 7) is 5.65. The number of pyridine rings is 2. The van der Waals surface area contributed by atoms with Gasteiger partial charge in [0.05, 0.1) is 23.4 Å². The van der Waals surface area contributed by atoms with Gasteiger partial charge in [-0.1, -0.05) is 6.07 Å². The molecule has 160 valence electrons. The molecule has 0 aromatic carbocycles. The minimum absolute atomic E-state index is 0.196. The van der Waals surface area contributed by atoms with Gasteiger partial charge in [0, 0.05) is 38.4 Å². The summed E-state index contributed by atoms with van der Waals surface area (Å²) < 4.78 is 9.17. The molecule has 1 aliphatic rings. The van der Waals surface area contributed by atoms with Gasteiger partial charge in [0.15, 0.2) is 11.3 Å². The molecule has 1 saturated heterocycles. The highest BCUT2D eigenvalue weighted by Gasteiger charge is 2.30. The van der Waals surface area contributed by atoms with Crippen LogP contribution in [0.2, 0.25) is 0 Å². The van der Waals surface area contributed by atoms with Gasteiger partial charge in [0.1, 0.15) is 11.4 Å². The average Bonchev–Trinajstić information content (AvgIpc) is 3.34. The van der Waals surface area contributed by atoms with Gasteiger partial charge in [0.25, 0.3) is 0 Å². The molecule has 1 unspecified atom stereocenters. The van der Waals surface area contributed by atoms with Gasteiger partial charge in [-0.3, -0.25) is 9.08 Å². The lowest BCUT2D eigenvalue weighted by Crippen LogP contribution is -2.36. The number of hydrogen-bond acceptors (Lipinski definition) is 7. The molecule has 0 radical (unpaired) electrons.